The summed E-state index contributed by atoms with van der Waals surface area (Å²) in [5.74, 6) is 0. The summed E-state index contributed by atoms with van der Waals surface area (Å²) in [6.45, 7) is 4.81. The lowest BCUT2D eigenvalue weighted by atomic mass is 9.70. The molecule has 0 N–H and O–H groups in total. The maximum Gasteiger partial charge on any atom is 0.143 e. The van der Waals surface area contributed by atoms with Gasteiger partial charge in [0.15, 0.2) is 0 Å². The monoisotopic (exact) mass is 919 g/mol. The van der Waals surface area contributed by atoms with Gasteiger partial charge in [0.05, 0.1) is 11.5 Å². The molecule has 1 atom stereocenters. The SMILES string of the molecule is CC1(C)c2cc(-c3ccccc3)ccc2-c2ccc(N(c3ccc(-c4cccc5c4oc4ccccc45)cc3)C3CC=CC=C3c3cccc4c3-c3ccccc3C43c4ccccc4-c4ccccc43)cc21. The van der Waals surface area contributed by atoms with Gasteiger partial charge in [0.2, 0.25) is 0 Å². The molecule has 0 radical (unpaired) electrons. The van der Waals surface area contributed by atoms with E-state index in [2.05, 4.69) is 255 Å². The Morgan fingerprint density at radius 1 is 0.417 bits per heavy atom. The third-order valence-corrected chi connectivity index (χ3v) is 16.7. The van der Waals surface area contributed by atoms with Gasteiger partial charge in [-0.15, -0.1) is 0 Å². The first-order valence-corrected chi connectivity index (χ1v) is 25.4. The normalized spacial score (nSPS) is 16.0. The van der Waals surface area contributed by atoms with Crippen molar-refractivity contribution < 1.29 is 4.42 Å². The molecular weight excluding hydrogens is 871 g/mol. The summed E-state index contributed by atoms with van der Waals surface area (Å²) in [4.78, 5) is 2.63. The van der Waals surface area contributed by atoms with Crippen LogP contribution in [0.2, 0.25) is 0 Å². The average molecular weight is 920 g/mol. The molecule has 0 saturated carbocycles. The summed E-state index contributed by atoms with van der Waals surface area (Å²) in [7, 11) is 0. The quantitative estimate of drug-likeness (QED) is 0.165. The Bertz CT molecular complexity index is 4060. The number of fused-ring (bicyclic) bond motifs is 16. The van der Waals surface area contributed by atoms with Crippen molar-refractivity contribution in [3.63, 3.8) is 0 Å². The van der Waals surface area contributed by atoms with Crippen LogP contribution in [0, 0.1) is 0 Å². The highest BCUT2D eigenvalue weighted by Gasteiger charge is 2.52. The van der Waals surface area contributed by atoms with Gasteiger partial charge in [0.1, 0.15) is 11.2 Å². The molecule has 11 aromatic rings. The van der Waals surface area contributed by atoms with Crippen LogP contribution < -0.4 is 4.90 Å². The second-order valence-electron chi connectivity index (χ2n) is 20.6. The zero-order chi connectivity index (χ0) is 47.7. The van der Waals surface area contributed by atoms with Crippen LogP contribution >= 0.6 is 0 Å². The molecule has 1 unspecified atom stereocenters. The van der Waals surface area contributed by atoms with Crippen molar-refractivity contribution in [2.45, 2.75) is 37.1 Å². The van der Waals surface area contributed by atoms with E-state index in [1.165, 1.54) is 94.7 Å². The fourth-order valence-electron chi connectivity index (χ4n) is 13.5. The minimum absolute atomic E-state index is 0.0207. The van der Waals surface area contributed by atoms with Gasteiger partial charge in [-0.3, -0.25) is 0 Å². The van der Waals surface area contributed by atoms with Crippen molar-refractivity contribution in [3.05, 3.63) is 282 Å². The van der Waals surface area contributed by atoms with E-state index in [4.69, 9.17) is 4.42 Å². The number of para-hydroxylation sites is 2. The van der Waals surface area contributed by atoms with E-state index < -0.39 is 5.41 Å². The van der Waals surface area contributed by atoms with Crippen LogP contribution in [0.4, 0.5) is 11.4 Å². The number of allylic oxidation sites excluding steroid dienone is 2. The zero-order valence-corrected chi connectivity index (χ0v) is 40.2. The first-order chi connectivity index (χ1) is 35.5. The minimum Gasteiger partial charge on any atom is -0.455 e. The summed E-state index contributed by atoms with van der Waals surface area (Å²) in [5.41, 5.74) is 26.9. The lowest BCUT2D eigenvalue weighted by Gasteiger charge is -2.38. The summed E-state index contributed by atoms with van der Waals surface area (Å²) < 4.78 is 6.57. The van der Waals surface area contributed by atoms with E-state index in [0.29, 0.717) is 0 Å². The Morgan fingerprint density at radius 3 is 1.75 bits per heavy atom. The highest BCUT2D eigenvalue weighted by Crippen LogP contribution is 2.64. The predicted octanol–water partition coefficient (Wildman–Crippen LogP) is 18.1. The molecule has 1 heterocycles. The number of anilines is 2. The van der Waals surface area contributed by atoms with Crippen LogP contribution in [-0.4, -0.2) is 6.04 Å². The first kappa shape index (κ1) is 41.1. The van der Waals surface area contributed by atoms with E-state index in [1.54, 1.807) is 0 Å². The Labute approximate surface area is 420 Å². The third-order valence-electron chi connectivity index (χ3n) is 16.7. The Morgan fingerprint density at radius 2 is 0.972 bits per heavy atom. The lowest BCUT2D eigenvalue weighted by molar-refractivity contribution is 0.660. The summed E-state index contributed by atoms with van der Waals surface area (Å²) in [5, 5.41) is 2.28. The molecule has 2 heteroatoms. The summed E-state index contributed by atoms with van der Waals surface area (Å²) in [6.07, 6.45) is 7.88. The van der Waals surface area contributed by atoms with Crippen LogP contribution in [0.1, 0.15) is 59.2 Å². The van der Waals surface area contributed by atoms with Crippen molar-refractivity contribution >= 4 is 38.9 Å². The summed E-state index contributed by atoms with van der Waals surface area (Å²) >= 11 is 0. The molecule has 0 saturated heterocycles. The molecule has 0 bridgehead atoms. The number of hydrogen-bond donors (Lipinski definition) is 0. The van der Waals surface area contributed by atoms with Gasteiger partial charge in [0.25, 0.3) is 0 Å². The molecule has 0 fully saturated rings. The van der Waals surface area contributed by atoms with Crippen molar-refractivity contribution in [2.24, 2.45) is 0 Å². The van der Waals surface area contributed by atoms with E-state index in [1.807, 2.05) is 6.07 Å². The molecule has 72 heavy (non-hydrogen) atoms. The van der Waals surface area contributed by atoms with Crippen LogP contribution in [0.5, 0.6) is 0 Å². The fraction of sp³-hybridized carbons (Fsp3) is 0.0857. The molecule has 1 spiro atoms. The smallest absolute Gasteiger partial charge is 0.143 e. The second kappa shape index (κ2) is 15.4. The minimum atomic E-state index is -0.422. The molecule has 0 aliphatic heterocycles. The average Bonchev–Trinajstić information content (AvgIpc) is 4.14. The van der Waals surface area contributed by atoms with E-state index in [-0.39, 0.29) is 11.5 Å². The predicted molar refractivity (Wildman–Crippen MR) is 299 cm³/mol. The van der Waals surface area contributed by atoms with Gasteiger partial charge in [-0.25, -0.2) is 0 Å². The number of nitrogens with zero attached hydrogens (tertiary/aromatic N) is 1. The van der Waals surface area contributed by atoms with Crippen LogP contribution in [0.3, 0.4) is 0 Å². The molecule has 2 nitrogen and oxygen atoms in total. The molecule has 1 aromatic heterocycles. The third kappa shape index (κ3) is 5.66. The number of hydrogen-bond acceptors (Lipinski definition) is 2. The van der Waals surface area contributed by atoms with Gasteiger partial charge in [-0.2, -0.15) is 0 Å². The largest absolute Gasteiger partial charge is 0.455 e. The Hall–Kier alpha value is -8.72. The molecule has 4 aliphatic carbocycles. The van der Waals surface area contributed by atoms with Crippen molar-refractivity contribution in [1.82, 2.24) is 0 Å². The Balaban J connectivity index is 0.908. The fourth-order valence-corrected chi connectivity index (χ4v) is 13.5. The maximum absolute atomic E-state index is 6.57. The van der Waals surface area contributed by atoms with Crippen molar-refractivity contribution in [1.29, 1.82) is 0 Å². The highest BCUT2D eigenvalue weighted by atomic mass is 16.3. The van der Waals surface area contributed by atoms with Crippen LogP contribution in [0.15, 0.2) is 247 Å². The lowest BCUT2D eigenvalue weighted by Crippen LogP contribution is -2.33. The molecule has 10 aromatic carbocycles. The van der Waals surface area contributed by atoms with Gasteiger partial charge in [-0.1, -0.05) is 220 Å². The van der Waals surface area contributed by atoms with Gasteiger partial charge in [0, 0.05) is 33.1 Å². The van der Waals surface area contributed by atoms with Gasteiger partial charge >= 0.3 is 0 Å². The molecular formula is C70H49NO. The van der Waals surface area contributed by atoms with Gasteiger partial charge < -0.3 is 9.32 Å². The van der Waals surface area contributed by atoms with E-state index >= 15 is 0 Å². The number of furan rings is 1. The topological polar surface area (TPSA) is 16.4 Å². The highest BCUT2D eigenvalue weighted by molar-refractivity contribution is 6.09. The summed E-state index contributed by atoms with van der Waals surface area (Å²) in [6, 6.07) is 83.7. The van der Waals surface area contributed by atoms with E-state index in [9.17, 15) is 0 Å². The number of benzene rings is 10. The van der Waals surface area contributed by atoms with Crippen LogP contribution in [-0.2, 0) is 10.8 Å². The molecule has 340 valence electrons. The Kier molecular flexibility index (Phi) is 8.78. The van der Waals surface area contributed by atoms with Crippen LogP contribution in [0.25, 0.3) is 83.1 Å². The molecule has 15 rings (SSSR count). The zero-order valence-electron chi connectivity index (χ0n) is 40.2. The standard InChI is InChI=1S/C70H49NO/c1-69(2)63-42-46(44-18-4-3-5-19-44)36-40-52(63)53-41-39-48(43-64(53)69)71(47-37-34-45(35-38-47)49-25-16-27-57-55-23-10-15-33-66(55)72-68(49)57)65-32-14-9-22-54(65)56-26-17-31-62-67(56)58-24-8-13-30-61(58)70(62)59-28-11-6-20-50(59)51-21-7-12-29-60(51)70/h3-31,33-43,65H,32H2,1-2H3. The first-order valence-electron chi connectivity index (χ1n) is 25.4. The molecule has 0 amide bonds. The van der Waals surface area contributed by atoms with E-state index in [0.717, 1.165) is 45.2 Å². The maximum atomic E-state index is 6.57. The number of rotatable bonds is 6. The van der Waals surface area contributed by atoms with Crippen molar-refractivity contribution in [3.8, 4) is 55.6 Å². The van der Waals surface area contributed by atoms with Crippen molar-refractivity contribution in [2.75, 3.05) is 4.90 Å². The second-order valence-corrected chi connectivity index (χ2v) is 20.6. The van der Waals surface area contributed by atoms with Gasteiger partial charge in [-0.05, 0) is 137 Å². The molecule has 4 aliphatic rings.